The molecular weight excluding hydrogens is 378 g/mol. The Morgan fingerprint density at radius 3 is 2.12 bits per heavy atom. The summed E-state index contributed by atoms with van der Waals surface area (Å²) in [6, 6.07) is 0.340. The van der Waals surface area contributed by atoms with Crippen LogP contribution in [0.15, 0.2) is 21.1 Å². The normalized spacial score (nSPS) is 13.1. The van der Waals surface area contributed by atoms with E-state index in [0.29, 0.717) is 4.47 Å². The van der Waals surface area contributed by atoms with E-state index in [9.17, 15) is 18.3 Å². The van der Waals surface area contributed by atoms with Crippen molar-refractivity contribution in [1.82, 2.24) is 0 Å². The first kappa shape index (κ1) is 16.0. The summed E-state index contributed by atoms with van der Waals surface area (Å²) in [5, 5.41) is 9.37. The van der Waals surface area contributed by atoms with Crippen molar-refractivity contribution in [3.63, 3.8) is 0 Å². The second kappa shape index (κ2) is 5.57. The molecule has 0 saturated carbocycles. The SMILES string of the molecule is Cl.N[C@@H](c1c(O)cc(Br)cc1Br)C(F)(F)F. The molecule has 1 atom stereocenters. The number of rotatable bonds is 1. The van der Waals surface area contributed by atoms with Gasteiger partial charge in [0.05, 0.1) is 0 Å². The summed E-state index contributed by atoms with van der Waals surface area (Å²) in [5.41, 5.74) is 4.62. The Kier molecular flexibility index (Phi) is 5.58. The summed E-state index contributed by atoms with van der Waals surface area (Å²) >= 11 is 5.96. The topological polar surface area (TPSA) is 46.2 Å². The Hall–Kier alpha value is 0.0200. The van der Waals surface area contributed by atoms with Crippen LogP contribution >= 0.6 is 44.3 Å². The highest BCUT2D eigenvalue weighted by atomic mass is 79.9. The molecule has 1 aromatic carbocycles. The van der Waals surface area contributed by atoms with Crippen LogP contribution in [-0.2, 0) is 0 Å². The second-order valence-corrected chi connectivity index (χ2v) is 4.61. The first-order chi connectivity index (χ1) is 6.73. The fourth-order valence-electron chi connectivity index (χ4n) is 1.04. The number of phenols is 1. The van der Waals surface area contributed by atoms with E-state index >= 15 is 0 Å². The molecule has 1 aromatic rings. The quantitative estimate of drug-likeness (QED) is 0.770. The Balaban J connectivity index is 0.00000225. The van der Waals surface area contributed by atoms with Crippen LogP contribution in [0.25, 0.3) is 0 Å². The van der Waals surface area contributed by atoms with Gasteiger partial charge in [0.25, 0.3) is 0 Å². The van der Waals surface area contributed by atoms with E-state index in [2.05, 4.69) is 31.9 Å². The number of benzene rings is 1. The molecule has 0 aliphatic carbocycles. The zero-order valence-corrected chi connectivity index (χ0v) is 11.5. The zero-order chi connectivity index (χ0) is 11.8. The lowest BCUT2D eigenvalue weighted by Gasteiger charge is -2.18. The number of hydrogen-bond acceptors (Lipinski definition) is 2. The minimum Gasteiger partial charge on any atom is -0.508 e. The second-order valence-electron chi connectivity index (χ2n) is 2.84. The van der Waals surface area contributed by atoms with Gasteiger partial charge in [0, 0.05) is 14.5 Å². The van der Waals surface area contributed by atoms with Crippen molar-refractivity contribution in [3.05, 3.63) is 26.6 Å². The molecule has 2 nitrogen and oxygen atoms in total. The highest BCUT2D eigenvalue weighted by Gasteiger charge is 2.40. The summed E-state index contributed by atoms with van der Waals surface area (Å²) in [5.74, 6) is -0.499. The lowest BCUT2D eigenvalue weighted by molar-refractivity contribution is -0.149. The van der Waals surface area contributed by atoms with Crippen molar-refractivity contribution in [1.29, 1.82) is 0 Å². The van der Waals surface area contributed by atoms with E-state index in [4.69, 9.17) is 5.73 Å². The predicted molar refractivity (Wildman–Crippen MR) is 63.7 cm³/mol. The fourth-order valence-corrected chi connectivity index (χ4v) is 2.49. The van der Waals surface area contributed by atoms with Crippen LogP contribution < -0.4 is 5.73 Å². The van der Waals surface area contributed by atoms with Crippen molar-refractivity contribution < 1.29 is 18.3 Å². The Labute approximate surface area is 113 Å². The van der Waals surface area contributed by atoms with E-state index in [1.54, 1.807) is 0 Å². The van der Waals surface area contributed by atoms with Gasteiger partial charge in [-0.3, -0.25) is 0 Å². The minimum atomic E-state index is -4.59. The summed E-state index contributed by atoms with van der Waals surface area (Å²) in [7, 11) is 0. The largest absolute Gasteiger partial charge is 0.508 e. The van der Waals surface area contributed by atoms with Crippen molar-refractivity contribution >= 4 is 44.3 Å². The Morgan fingerprint density at radius 1 is 1.25 bits per heavy atom. The van der Waals surface area contributed by atoms with Crippen LogP contribution in [0.2, 0.25) is 0 Å². The number of alkyl halides is 3. The lowest BCUT2D eigenvalue weighted by Crippen LogP contribution is -2.28. The third-order valence-electron chi connectivity index (χ3n) is 1.74. The van der Waals surface area contributed by atoms with Crippen LogP contribution in [0.5, 0.6) is 5.75 Å². The average Bonchev–Trinajstić information content (AvgIpc) is 1.99. The Bertz CT molecular complexity index is 363. The molecule has 0 radical (unpaired) electrons. The molecule has 0 aromatic heterocycles. The van der Waals surface area contributed by atoms with Crippen molar-refractivity contribution in [2.24, 2.45) is 5.73 Å². The summed E-state index contributed by atoms with van der Waals surface area (Å²) in [6.45, 7) is 0. The molecule has 0 fully saturated rings. The average molecular weight is 385 g/mol. The van der Waals surface area contributed by atoms with E-state index in [0.717, 1.165) is 6.07 Å². The van der Waals surface area contributed by atoms with Gasteiger partial charge in [-0.15, -0.1) is 12.4 Å². The molecule has 0 spiro atoms. The number of phenolic OH excluding ortho intramolecular Hbond substituents is 1. The maximum atomic E-state index is 12.3. The molecule has 92 valence electrons. The van der Waals surface area contributed by atoms with Gasteiger partial charge in [-0.25, -0.2) is 0 Å². The van der Waals surface area contributed by atoms with Crippen LogP contribution in [0.4, 0.5) is 13.2 Å². The lowest BCUT2D eigenvalue weighted by atomic mass is 10.1. The van der Waals surface area contributed by atoms with Gasteiger partial charge in [-0.05, 0) is 12.1 Å². The molecule has 1 rings (SSSR count). The number of hydrogen-bond donors (Lipinski definition) is 2. The molecule has 0 heterocycles. The van der Waals surface area contributed by atoms with Gasteiger partial charge >= 0.3 is 6.18 Å². The zero-order valence-electron chi connectivity index (χ0n) is 7.55. The predicted octanol–water partition coefficient (Wildman–Crippen LogP) is 3.90. The third kappa shape index (κ3) is 3.51. The summed E-state index contributed by atoms with van der Waals surface area (Å²) in [6.07, 6.45) is -4.59. The Morgan fingerprint density at radius 2 is 1.75 bits per heavy atom. The van der Waals surface area contributed by atoms with E-state index in [1.165, 1.54) is 6.07 Å². The maximum Gasteiger partial charge on any atom is 0.407 e. The molecule has 0 unspecified atom stereocenters. The molecule has 3 N–H and O–H groups in total. The van der Waals surface area contributed by atoms with Crippen molar-refractivity contribution in [2.45, 2.75) is 12.2 Å². The van der Waals surface area contributed by atoms with Gasteiger partial charge < -0.3 is 10.8 Å². The minimum absolute atomic E-state index is 0. The van der Waals surface area contributed by atoms with E-state index in [-0.39, 0.29) is 22.4 Å². The van der Waals surface area contributed by atoms with Gasteiger partial charge in [0.1, 0.15) is 11.8 Å². The third-order valence-corrected chi connectivity index (χ3v) is 2.85. The summed E-state index contributed by atoms with van der Waals surface area (Å²) in [4.78, 5) is 0. The van der Waals surface area contributed by atoms with Gasteiger partial charge in [0.2, 0.25) is 0 Å². The molecule has 0 saturated heterocycles. The number of aromatic hydroxyl groups is 1. The fraction of sp³-hybridized carbons (Fsp3) is 0.250. The van der Waals surface area contributed by atoms with Crippen LogP contribution in [0, 0.1) is 0 Å². The monoisotopic (exact) mass is 383 g/mol. The van der Waals surface area contributed by atoms with Crippen molar-refractivity contribution in [3.8, 4) is 5.75 Å². The molecular formula is C8H7Br2ClF3NO. The van der Waals surface area contributed by atoms with Crippen LogP contribution in [0.3, 0.4) is 0 Å². The maximum absolute atomic E-state index is 12.3. The van der Waals surface area contributed by atoms with Crippen LogP contribution in [0.1, 0.15) is 11.6 Å². The number of halogens is 6. The smallest absolute Gasteiger partial charge is 0.407 e. The van der Waals surface area contributed by atoms with Gasteiger partial charge in [-0.1, -0.05) is 31.9 Å². The first-order valence-electron chi connectivity index (χ1n) is 3.73. The van der Waals surface area contributed by atoms with E-state index < -0.39 is 18.0 Å². The molecule has 0 bridgehead atoms. The van der Waals surface area contributed by atoms with Gasteiger partial charge in [-0.2, -0.15) is 13.2 Å². The van der Waals surface area contributed by atoms with E-state index in [1.807, 2.05) is 0 Å². The molecule has 16 heavy (non-hydrogen) atoms. The highest BCUT2D eigenvalue weighted by Crippen LogP contribution is 2.40. The highest BCUT2D eigenvalue weighted by molar-refractivity contribution is 9.11. The molecule has 0 aliphatic heterocycles. The van der Waals surface area contributed by atoms with Gasteiger partial charge in [0.15, 0.2) is 0 Å². The van der Waals surface area contributed by atoms with Crippen molar-refractivity contribution in [2.75, 3.05) is 0 Å². The standard InChI is InChI=1S/C8H6Br2F3NO.ClH/c9-3-1-4(10)6(5(15)2-3)7(14)8(11,12)13;/h1-2,7,15H,14H2;1H/t7-;/m0./s1. The molecule has 8 heteroatoms. The first-order valence-corrected chi connectivity index (χ1v) is 5.32. The summed E-state index contributed by atoms with van der Waals surface area (Å²) < 4.78 is 37.6. The number of nitrogens with two attached hydrogens (primary N) is 1. The molecule has 0 aliphatic rings. The molecule has 0 amide bonds. The van der Waals surface area contributed by atoms with Crippen LogP contribution in [-0.4, -0.2) is 11.3 Å².